The summed E-state index contributed by atoms with van der Waals surface area (Å²) < 4.78 is 49.4. The predicted molar refractivity (Wildman–Crippen MR) is 177 cm³/mol. The van der Waals surface area contributed by atoms with Gasteiger partial charge in [0.15, 0.2) is 0 Å². The Morgan fingerprint density at radius 3 is 2.28 bits per heavy atom. The lowest BCUT2D eigenvalue weighted by molar-refractivity contribution is -0.134. The smallest absolute Gasteiger partial charge is 0.453 e. The summed E-state index contributed by atoms with van der Waals surface area (Å²) in [6.07, 6.45) is 4.48. The zero-order chi connectivity index (χ0) is 33.7. The quantitative estimate of drug-likeness (QED) is 0.387. The van der Waals surface area contributed by atoms with Crippen LogP contribution in [0.1, 0.15) is 83.9 Å². The van der Waals surface area contributed by atoms with Crippen molar-refractivity contribution in [3.8, 4) is 11.1 Å². The average molecular weight is 646 g/mol. The van der Waals surface area contributed by atoms with Crippen molar-refractivity contribution in [3.63, 3.8) is 0 Å². The van der Waals surface area contributed by atoms with Gasteiger partial charge in [-0.25, -0.2) is 4.79 Å². The molecular formula is C36H42BF2N3O5. The van der Waals surface area contributed by atoms with Gasteiger partial charge in [-0.1, -0.05) is 44.2 Å². The average Bonchev–Trinajstić information content (AvgIpc) is 3.28. The van der Waals surface area contributed by atoms with Gasteiger partial charge in [0.1, 0.15) is 6.04 Å². The van der Waals surface area contributed by atoms with Gasteiger partial charge in [-0.3, -0.25) is 9.79 Å². The van der Waals surface area contributed by atoms with Crippen molar-refractivity contribution in [2.75, 3.05) is 13.7 Å². The van der Waals surface area contributed by atoms with Crippen LogP contribution in [-0.2, 0) is 24.8 Å². The number of amides is 2. The third-order valence-corrected chi connectivity index (χ3v) is 11.2. The Morgan fingerprint density at radius 1 is 1.02 bits per heavy atom. The number of hydrogen-bond acceptors (Lipinski definition) is 6. The van der Waals surface area contributed by atoms with Crippen molar-refractivity contribution in [1.82, 2.24) is 10.2 Å². The number of ether oxygens (including phenoxy) is 1. The second-order valence-electron chi connectivity index (χ2n) is 15.2. The molecule has 1 spiro atoms. The Bertz CT molecular complexity index is 1710. The minimum atomic E-state index is -3.20. The fourth-order valence-corrected chi connectivity index (χ4v) is 7.40. The molecule has 0 bridgehead atoms. The van der Waals surface area contributed by atoms with E-state index in [-0.39, 0.29) is 34.4 Å². The molecule has 0 unspecified atom stereocenters. The Labute approximate surface area is 275 Å². The van der Waals surface area contributed by atoms with E-state index in [1.54, 1.807) is 24.4 Å². The number of halogens is 2. The van der Waals surface area contributed by atoms with Crippen LogP contribution >= 0.6 is 0 Å². The van der Waals surface area contributed by atoms with Crippen LogP contribution in [-0.4, -0.2) is 66.7 Å². The third-order valence-electron chi connectivity index (χ3n) is 11.2. The normalized spacial score (nSPS) is 24.6. The van der Waals surface area contributed by atoms with Crippen LogP contribution in [0, 0.1) is 11.3 Å². The van der Waals surface area contributed by atoms with Gasteiger partial charge in [-0.2, -0.15) is 8.78 Å². The standard InChI is InChI=1S/C36H42BF2N3O5/c1-20(2)30(41-32(44)45-7)31(43)42-19-35(12-13-35)17-29(42)28-15-22(18-40-28)21-8-10-24-25-11-9-23(16-27(25)36(38,39)26(24)14-21)37-46-33(3,4)34(5,6)47-37/h8-11,14,16,18,20,29-30H,12-13,15,17,19H2,1-7H3,(H,41,44)/t29-,30-/m0/s1. The van der Waals surface area contributed by atoms with Gasteiger partial charge in [-0.15, -0.1) is 0 Å². The van der Waals surface area contributed by atoms with Crippen LogP contribution in [0.15, 0.2) is 47.6 Å². The van der Waals surface area contributed by atoms with E-state index in [0.717, 1.165) is 30.5 Å². The first-order chi connectivity index (χ1) is 22.1. The van der Waals surface area contributed by atoms with Crippen molar-refractivity contribution in [2.45, 2.75) is 96.4 Å². The number of allylic oxidation sites excluding steroid dienone is 1. The lowest BCUT2D eigenvalue weighted by atomic mass is 9.77. The van der Waals surface area contributed by atoms with Crippen LogP contribution in [0.3, 0.4) is 0 Å². The molecule has 5 aliphatic rings. The molecule has 47 heavy (non-hydrogen) atoms. The van der Waals surface area contributed by atoms with Crippen LogP contribution in [0.5, 0.6) is 0 Å². The number of aliphatic imine (C=N–C) groups is 1. The molecule has 2 saturated heterocycles. The highest BCUT2D eigenvalue weighted by Crippen LogP contribution is 2.56. The number of rotatable bonds is 6. The van der Waals surface area contributed by atoms with E-state index in [1.165, 1.54) is 13.2 Å². The van der Waals surface area contributed by atoms with Gasteiger partial charge in [0.05, 0.1) is 24.4 Å². The number of nitrogens with zero attached hydrogens (tertiary/aromatic N) is 2. The van der Waals surface area contributed by atoms with Gasteiger partial charge in [0.25, 0.3) is 5.92 Å². The first kappa shape index (κ1) is 32.0. The highest BCUT2D eigenvalue weighted by molar-refractivity contribution is 6.62. The van der Waals surface area contributed by atoms with Gasteiger partial charge < -0.3 is 24.3 Å². The molecule has 2 aromatic rings. The number of likely N-dealkylation sites (tertiary alicyclic amines) is 1. The Hall–Kier alpha value is -3.57. The number of carbonyl (C=O) groups excluding carboxylic acids is 2. The Kier molecular flexibility index (Phi) is 7.30. The number of fused-ring (bicyclic) bond motifs is 3. The van der Waals surface area contributed by atoms with Crippen molar-refractivity contribution in [2.24, 2.45) is 16.3 Å². The minimum Gasteiger partial charge on any atom is -0.453 e. The molecule has 3 heterocycles. The molecule has 2 amide bonds. The zero-order valence-electron chi connectivity index (χ0n) is 28.1. The first-order valence-corrected chi connectivity index (χ1v) is 16.5. The number of carbonyl (C=O) groups is 2. The summed E-state index contributed by atoms with van der Waals surface area (Å²) in [5.41, 5.74) is 2.79. The SMILES string of the molecule is COC(=O)N[C@H](C(=O)N1CC2(CC2)C[C@H]1C1=NC=C(c2ccc3c(c2)C(F)(F)c2cc(B4OC(C)(C)C(C)(C)O4)ccc2-3)C1)C(C)C. The van der Waals surface area contributed by atoms with E-state index in [4.69, 9.17) is 19.0 Å². The lowest BCUT2D eigenvalue weighted by Gasteiger charge is -2.32. The number of alkyl halides is 2. The van der Waals surface area contributed by atoms with Gasteiger partial charge in [-0.05, 0) is 92.1 Å². The van der Waals surface area contributed by atoms with Crippen molar-refractivity contribution < 1.29 is 32.4 Å². The molecule has 8 nitrogen and oxygen atoms in total. The largest absolute Gasteiger partial charge is 0.494 e. The molecule has 2 aliphatic carbocycles. The maximum atomic E-state index is 16.2. The van der Waals surface area contributed by atoms with E-state index in [9.17, 15) is 9.59 Å². The molecule has 2 aromatic carbocycles. The van der Waals surface area contributed by atoms with Crippen LogP contribution in [0.4, 0.5) is 13.6 Å². The van der Waals surface area contributed by atoms with Crippen LogP contribution in [0.25, 0.3) is 16.7 Å². The van der Waals surface area contributed by atoms with Crippen molar-refractivity contribution >= 4 is 35.9 Å². The lowest BCUT2D eigenvalue weighted by Crippen LogP contribution is -2.53. The van der Waals surface area contributed by atoms with E-state index < -0.39 is 36.4 Å². The number of nitrogens with one attached hydrogen (secondary N) is 1. The fourth-order valence-electron chi connectivity index (χ4n) is 7.40. The number of benzene rings is 2. The van der Waals surface area contributed by atoms with E-state index >= 15 is 8.78 Å². The Morgan fingerprint density at radius 2 is 1.66 bits per heavy atom. The summed E-state index contributed by atoms with van der Waals surface area (Å²) >= 11 is 0. The molecule has 0 radical (unpaired) electrons. The second-order valence-corrected chi connectivity index (χ2v) is 15.2. The summed E-state index contributed by atoms with van der Waals surface area (Å²) in [6.45, 7) is 12.2. The number of methoxy groups -OCH3 is 1. The van der Waals surface area contributed by atoms with Gasteiger partial charge >= 0.3 is 13.2 Å². The monoisotopic (exact) mass is 645 g/mol. The molecule has 248 valence electrons. The second kappa shape index (κ2) is 10.7. The van der Waals surface area contributed by atoms with Gasteiger partial charge in [0, 0.05) is 36.0 Å². The molecule has 3 fully saturated rings. The third kappa shape index (κ3) is 5.21. The first-order valence-electron chi connectivity index (χ1n) is 16.5. The molecule has 1 N–H and O–H groups in total. The highest BCUT2D eigenvalue weighted by atomic mass is 19.3. The summed E-state index contributed by atoms with van der Waals surface area (Å²) in [5, 5.41) is 2.71. The van der Waals surface area contributed by atoms with E-state index in [2.05, 4.69) is 5.32 Å². The molecule has 7 rings (SSSR count). The summed E-state index contributed by atoms with van der Waals surface area (Å²) in [4.78, 5) is 32.5. The minimum absolute atomic E-state index is 0.0336. The van der Waals surface area contributed by atoms with E-state index in [1.807, 2.05) is 58.6 Å². The highest BCUT2D eigenvalue weighted by Gasteiger charge is 2.56. The molecule has 11 heteroatoms. The fraction of sp³-hybridized carbons (Fsp3) is 0.528. The van der Waals surface area contributed by atoms with Crippen LogP contribution < -0.4 is 10.8 Å². The topological polar surface area (TPSA) is 89.5 Å². The van der Waals surface area contributed by atoms with Gasteiger partial charge in [0.2, 0.25) is 5.91 Å². The van der Waals surface area contributed by atoms with Crippen molar-refractivity contribution in [3.05, 3.63) is 59.3 Å². The molecular weight excluding hydrogens is 603 g/mol. The van der Waals surface area contributed by atoms with Crippen molar-refractivity contribution in [1.29, 1.82) is 0 Å². The molecule has 1 saturated carbocycles. The molecule has 2 atom stereocenters. The molecule has 3 aliphatic heterocycles. The number of alkyl carbamates (subject to hydrolysis) is 1. The summed E-state index contributed by atoms with van der Waals surface area (Å²) in [5.74, 6) is -3.48. The summed E-state index contributed by atoms with van der Waals surface area (Å²) in [7, 11) is 0.547. The maximum absolute atomic E-state index is 16.2. The van der Waals surface area contributed by atoms with Crippen LogP contribution in [0.2, 0.25) is 0 Å². The van der Waals surface area contributed by atoms with E-state index in [0.29, 0.717) is 35.1 Å². The Balaban J connectivity index is 1.10. The molecule has 0 aromatic heterocycles. The summed E-state index contributed by atoms with van der Waals surface area (Å²) in [6, 6.07) is 9.37. The maximum Gasteiger partial charge on any atom is 0.494 e. The zero-order valence-corrected chi connectivity index (χ0v) is 28.1. The number of hydrogen-bond donors (Lipinski definition) is 1. The predicted octanol–water partition coefficient (Wildman–Crippen LogP) is 6.05.